The molecule has 154 valence electrons. The molecule has 0 aliphatic carbocycles. The van der Waals surface area contributed by atoms with Crippen molar-refractivity contribution in [2.75, 3.05) is 6.61 Å². The van der Waals surface area contributed by atoms with Crippen molar-refractivity contribution in [2.24, 2.45) is 5.10 Å². The van der Waals surface area contributed by atoms with E-state index in [4.69, 9.17) is 9.47 Å². The number of ether oxygens (including phenoxy) is 2. The van der Waals surface area contributed by atoms with Crippen LogP contribution in [0.2, 0.25) is 0 Å². The molecule has 0 radical (unpaired) electrons. The summed E-state index contributed by atoms with van der Waals surface area (Å²) in [5.41, 5.74) is 3.15. The van der Waals surface area contributed by atoms with Crippen molar-refractivity contribution in [1.29, 1.82) is 0 Å². The van der Waals surface area contributed by atoms with E-state index in [0.29, 0.717) is 24.5 Å². The van der Waals surface area contributed by atoms with Gasteiger partial charge in [-0.15, -0.1) is 0 Å². The van der Waals surface area contributed by atoms with E-state index in [1.165, 1.54) is 6.07 Å². The van der Waals surface area contributed by atoms with Gasteiger partial charge in [0.15, 0.2) is 0 Å². The smallest absolute Gasteiger partial charge is 0.271 e. The molecule has 0 fully saturated rings. The Morgan fingerprint density at radius 1 is 0.933 bits per heavy atom. The van der Waals surface area contributed by atoms with Gasteiger partial charge in [0.25, 0.3) is 5.91 Å². The van der Waals surface area contributed by atoms with E-state index in [1.54, 1.807) is 24.3 Å². The zero-order valence-corrected chi connectivity index (χ0v) is 16.3. The van der Waals surface area contributed by atoms with Crippen molar-refractivity contribution in [3.63, 3.8) is 0 Å². The Morgan fingerprint density at radius 3 is 2.13 bits per heavy atom. The SMILES string of the molecule is CCOc1ccc(OCc2ccc(C(=O)N/N=C\c3c(F)cccc3F)cc2)cc1. The topological polar surface area (TPSA) is 59.9 Å². The molecule has 0 atom stereocenters. The molecular weight excluding hydrogens is 390 g/mol. The van der Waals surface area contributed by atoms with E-state index in [9.17, 15) is 13.6 Å². The largest absolute Gasteiger partial charge is 0.494 e. The first-order valence-corrected chi connectivity index (χ1v) is 9.29. The number of amides is 1. The van der Waals surface area contributed by atoms with Crippen molar-refractivity contribution in [2.45, 2.75) is 13.5 Å². The van der Waals surface area contributed by atoms with Gasteiger partial charge >= 0.3 is 0 Å². The van der Waals surface area contributed by atoms with Crippen LogP contribution in [-0.2, 0) is 6.61 Å². The summed E-state index contributed by atoms with van der Waals surface area (Å²) in [6, 6.07) is 17.5. The molecule has 0 saturated heterocycles. The quantitative estimate of drug-likeness (QED) is 0.432. The number of halogens is 2. The third-order valence-electron chi connectivity index (χ3n) is 4.12. The minimum absolute atomic E-state index is 0.320. The Kier molecular flexibility index (Phi) is 7.10. The summed E-state index contributed by atoms with van der Waals surface area (Å²) < 4.78 is 38.2. The fourth-order valence-corrected chi connectivity index (χ4v) is 2.57. The van der Waals surface area contributed by atoms with E-state index in [-0.39, 0.29) is 5.56 Å². The van der Waals surface area contributed by atoms with Crippen LogP contribution in [0.25, 0.3) is 0 Å². The highest BCUT2D eigenvalue weighted by Crippen LogP contribution is 2.19. The van der Waals surface area contributed by atoms with Crippen LogP contribution in [0.4, 0.5) is 8.78 Å². The van der Waals surface area contributed by atoms with Crippen LogP contribution in [0, 0.1) is 11.6 Å². The van der Waals surface area contributed by atoms with Gasteiger partial charge in [0, 0.05) is 5.56 Å². The number of nitrogens with zero attached hydrogens (tertiary/aromatic N) is 1. The average Bonchev–Trinajstić information content (AvgIpc) is 2.76. The van der Waals surface area contributed by atoms with Gasteiger partial charge in [-0.3, -0.25) is 4.79 Å². The Hall–Kier alpha value is -3.74. The Bertz CT molecular complexity index is 999. The number of carbonyl (C=O) groups excluding carboxylic acids is 1. The molecule has 3 rings (SSSR count). The maximum absolute atomic E-state index is 13.5. The number of rotatable bonds is 8. The fraction of sp³-hybridized carbons (Fsp3) is 0.130. The van der Waals surface area contributed by atoms with Crippen LogP contribution in [-0.4, -0.2) is 18.7 Å². The molecule has 7 heteroatoms. The summed E-state index contributed by atoms with van der Waals surface area (Å²) in [4.78, 5) is 12.1. The third-order valence-corrected chi connectivity index (χ3v) is 4.12. The predicted octanol–water partition coefficient (Wildman–Crippen LogP) is 4.71. The lowest BCUT2D eigenvalue weighted by Crippen LogP contribution is -2.17. The monoisotopic (exact) mass is 410 g/mol. The highest BCUT2D eigenvalue weighted by molar-refractivity contribution is 5.94. The number of benzene rings is 3. The highest BCUT2D eigenvalue weighted by atomic mass is 19.1. The molecule has 1 N–H and O–H groups in total. The van der Waals surface area contributed by atoms with Gasteiger partial charge in [-0.1, -0.05) is 18.2 Å². The molecule has 0 unspecified atom stereocenters. The normalized spacial score (nSPS) is 10.8. The van der Waals surface area contributed by atoms with Crippen molar-refractivity contribution in [3.8, 4) is 11.5 Å². The second-order valence-electron chi connectivity index (χ2n) is 6.22. The summed E-state index contributed by atoms with van der Waals surface area (Å²) in [5.74, 6) is -0.535. The first kappa shape index (κ1) is 21.0. The van der Waals surface area contributed by atoms with E-state index in [2.05, 4.69) is 10.5 Å². The molecule has 0 saturated carbocycles. The lowest BCUT2D eigenvalue weighted by Gasteiger charge is -2.08. The number of hydrogen-bond donors (Lipinski definition) is 1. The minimum Gasteiger partial charge on any atom is -0.494 e. The molecular formula is C23H20F2N2O3. The zero-order chi connectivity index (χ0) is 21.3. The summed E-state index contributed by atoms with van der Waals surface area (Å²) in [6.07, 6.45) is 0.932. The molecule has 5 nitrogen and oxygen atoms in total. The molecule has 0 aliphatic rings. The number of carbonyl (C=O) groups is 1. The summed E-state index contributed by atoms with van der Waals surface area (Å²) >= 11 is 0. The lowest BCUT2D eigenvalue weighted by molar-refractivity contribution is 0.0955. The van der Waals surface area contributed by atoms with E-state index >= 15 is 0 Å². The maximum Gasteiger partial charge on any atom is 0.271 e. The lowest BCUT2D eigenvalue weighted by atomic mass is 10.1. The molecule has 3 aromatic rings. The van der Waals surface area contributed by atoms with Crippen molar-refractivity contribution in [1.82, 2.24) is 5.43 Å². The van der Waals surface area contributed by atoms with Crippen LogP contribution >= 0.6 is 0 Å². The van der Waals surface area contributed by atoms with Crippen molar-refractivity contribution in [3.05, 3.63) is 95.1 Å². The van der Waals surface area contributed by atoms with Gasteiger partial charge in [0.1, 0.15) is 29.7 Å². The van der Waals surface area contributed by atoms with E-state index in [0.717, 1.165) is 29.7 Å². The zero-order valence-electron chi connectivity index (χ0n) is 16.3. The second-order valence-corrected chi connectivity index (χ2v) is 6.22. The summed E-state index contributed by atoms with van der Waals surface area (Å²) in [6.45, 7) is 2.86. The van der Waals surface area contributed by atoms with Gasteiger partial charge in [0.05, 0.1) is 18.4 Å². The molecule has 0 bridgehead atoms. The first-order valence-electron chi connectivity index (χ1n) is 9.29. The highest BCUT2D eigenvalue weighted by Gasteiger charge is 2.07. The molecule has 0 aliphatic heterocycles. The van der Waals surface area contributed by atoms with Crippen LogP contribution < -0.4 is 14.9 Å². The predicted molar refractivity (Wildman–Crippen MR) is 110 cm³/mol. The van der Waals surface area contributed by atoms with Crippen LogP contribution in [0.1, 0.15) is 28.4 Å². The average molecular weight is 410 g/mol. The fourth-order valence-electron chi connectivity index (χ4n) is 2.57. The standard InChI is InChI=1S/C23H20F2N2O3/c1-2-29-18-10-12-19(13-11-18)30-15-16-6-8-17(9-7-16)23(28)27-26-14-20-21(24)4-3-5-22(20)25/h3-14H,2,15H2,1H3,(H,27,28)/b26-14-. The summed E-state index contributed by atoms with van der Waals surface area (Å²) in [5, 5.41) is 3.62. The molecule has 0 aromatic heterocycles. The molecule has 30 heavy (non-hydrogen) atoms. The second kappa shape index (κ2) is 10.2. The molecule has 0 spiro atoms. The van der Waals surface area contributed by atoms with Gasteiger partial charge < -0.3 is 9.47 Å². The third kappa shape index (κ3) is 5.64. The Labute approximate surface area is 173 Å². The van der Waals surface area contributed by atoms with Crippen LogP contribution in [0.5, 0.6) is 11.5 Å². The van der Waals surface area contributed by atoms with Gasteiger partial charge in [0.2, 0.25) is 0 Å². The Balaban J connectivity index is 1.53. The van der Waals surface area contributed by atoms with E-state index < -0.39 is 17.5 Å². The van der Waals surface area contributed by atoms with Crippen LogP contribution in [0.15, 0.2) is 71.8 Å². The molecule has 0 heterocycles. The maximum atomic E-state index is 13.5. The van der Waals surface area contributed by atoms with E-state index in [1.807, 2.05) is 31.2 Å². The Morgan fingerprint density at radius 2 is 1.53 bits per heavy atom. The minimum atomic E-state index is -0.759. The first-order chi connectivity index (χ1) is 14.6. The van der Waals surface area contributed by atoms with Crippen molar-refractivity contribution >= 4 is 12.1 Å². The van der Waals surface area contributed by atoms with Gasteiger partial charge in [-0.2, -0.15) is 5.10 Å². The van der Waals surface area contributed by atoms with Gasteiger partial charge in [-0.25, -0.2) is 14.2 Å². The van der Waals surface area contributed by atoms with Crippen molar-refractivity contribution < 1.29 is 23.0 Å². The molecule has 3 aromatic carbocycles. The van der Waals surface area contributed by atoms with Gasteiger partial charge in [-0.05, 0) is 61.0 Å². The van der Waals surface area contributed by atoms with Crippen LogP contribution in [0.3, 0.4) is 0 Å². The summed E-state index contributed by atoms with van der Waals surface area (Å²) in [7, 11) is 0. The number of hydrazone groups is 1. The number of hydrogen-bond acceptors (Lipinski definition) is 4. The number of nitrogens with one attached hydrogen (secondary N) is 1. The molecule has 1 amide bonds.